The number of aliphatic hydroxyl groups is 4. The fourth-order valence-electron chi connectivity index (χ4n) is 9.99. The van der Waals surface area contributed by atoms with Crippen molar-refractivity contribution in [2.24, 2.45) is 11.8 Å². The number of carbonyl (C=O) groups excluding carboxylic acids is 3. The monoisotopic (exact) mass is 830 g/mol. The molecule has 60 heavy (non-hydrogen) atoms. The largest absolute Gasteiger partial charge is 0.496 e. The third-order valence-corrected chi connectivity index (χ3v) is 13.0. The van der Waals surface area contributed by atoms with E-state index in [0.29, 0.717) is 54.4 Å². The van der Waals surface area contributed by atoms with Crippen molar-refractivity contribution < 1.29 is 58.5 Å². The van der Waals surface area contributed by atoms with Crippen molar-refractivity contribution in [3.63, 3.8) is 0 Å². The minimum absolute atomic E-state index is 0.00646. The highest BCUT2D eigenvalue weighted by Crippen LogP contribution is 2.57. The van der Waals surface area contributed by atoms with Crippen LogP contribution in [0.4, 0.5) is 0 Å². The standard InChI is InChI=1S/C46H58N2O12/c1-4-58-45(54)44-34(25-51)38(29-21-30(24-50)40(53)32(22-29)27-8-9-36-28(20-27)10-14-47-36)39-42(57-3)33-23-37(59-41(33)35(26-52)43(39)60-44)46(55,13-5-6-18-49)31-11-16-48(17-12-31)15-7-19-56-2/h8-10,14,20,25,30-32,37,47,49-50,52,55H,4-7,11-13,15-19,21-24,26H2,1-3H3/b38-29-/t30-,32-,37+,46-/m1/s1. The van der Waals surface area contributed by atoms with E-state index >= 15 is 0 Å². The molecule has 324 valence electrons. The number of nitrogens with one attached hydrogen (secondary N) is 1. The van der Waals surface area contributed by atoms with Crippen molar-refractivity contribution in [3.8, 4) is 17.2 Å². The number of Topliss-reactive ketones (excluding diaryl/α,β-unsaturated/α-hetero) is 1. The number of rotatable bonds is 17. The third kappa shape index (κ3) is 8.13. The molecule has 4 aliphatic rings. The van der Waals surface area contributed by atoms with Gasteiger partial charge < -0.3 is 54.0 Å². The lowest BCUT2D eigenvalue weighted by Gasteiger charge is -2.44. The first-order valence-corrected chi connectivity index (χ1v) is 21.2. The molecule has 5 N–H and O–H groups in total. The second-order valence-corrected chi connectivity index (χ2v) is 16.4. The molecule has 0 unspecified atom stereocenters. The molecule has 1 saturated heterocycles. The maximum atomic E-state index is 14.0. The van der Waals surface area contributed by atoms with Gasteiger partial charge in [0.1, 0.15) is 34.7 Å². The van der Waals surface area contributed by atoms with Crippen LogP contribution in [0.15, 0.2) is 47.4 Å². The van der Waals surface area contributed by atoms with E-state index in [2.05, 4.69) is 9.88 Å². The number of methoxy groups -OCH3 is 2. The summed E-state index contributed by atoms with van der Waals surface area (Å²) in [4.78, 5) is 46.6. The maximum absolute atomic E-state index is 14.0. The Bertz CT molecular complexity index is 2130. The summed E-state index contributed by atoms with van der Waals surface area (Å²) in [5, 5.41) is 45.3. The predicted molar refractivity (Wildman–Crippen MR) is 222 cm³/mol. The summed E-state index contributed by atoms with van der Waals surface area (Å²) in [7, 11) is 3.18. The van der Waals surface area contributed by atoms with Gasteiger partial charge in [-0.05, 0) is 106 Å². The lowest BCUT2D eigenvalue weighted by molar-refractivity contribution is -0.141. The Morgan fingerprint density at radius 2 is 1.85 bits per heavy atom. The van der Waals surface area contributed by atoms with Crippen molar-refractivity contribution >= 4 is 34.5 Å². The molecule has 3 aromatic rings. The Morgan fingerprint density at radius 1 is 1.05 bits per heavy atom. The molecule has 0 radical (unpaired) electrons. The number of piperidine rings is 1. The van der Waals surface area contributed by atoms with Gasteiger partial charge in [0.15, 0.2) is 6.29 Å². The lowest BCUT2D eigenvalue weighted by atomic mass is 9.71. The van der Waals surface area contributed by atoms with Crippen LogP contribution in [0.3, 0.4) is 0 Å². The van der Waals surface area contributed by atoms with E-state index < -0.39 is 42.7 Å². The van der Waals surface area contributed by atoms with E-state index in [1.54, 1.807) is 14.0 Å². The summed E-state index contributed by atoms with van der Waals surface area (Å²) in [6.07, 6.45) is 5.87. The minimum Gasteiger partial charge on any atom is -0.496 e. The first-order chi connectivity index (χ1) is 29.1. The van der Waals surface area contributed by atoms with Crippen LogP contribution in [0, 0.1) is 11.8 Å². The summed E-state index contributed by atoms with van der Waals surface area (Å²) < 4.78 is 30.0. The van der Waals surface area contributed by atoms with Gasteiger partial charge in [-0.15, -0.1) is 0 Å². The van der Waals surface area contributed by atoms with Gasteiger partial charge in [0.05, 0.1) is 43.6 Å². The van der Waals surface area contributed by atoms with Gasteiger partial charge >= 0.3 is 5.97 Å². The molecule has 0 bridgehead atoms. The number of hydrogen-bond donors (Lipinski definition) is 5. The number of ketones is 1. The molecule has 2 fully saturated rings. The van der Waals surface area contributed by atoms with E-state index in [1.807, 2.05) is 30.5 Å². The zero-order valence-corrected chi connectivity index (χ0v) is 34.8. The molecule has 1 aromatic heterocycles. The van der Waals surface area contributed by atoms with Crippen LogP contribution in [-0.2, 0) is 36.9 Å². The smallest absolute Gasteiger partial charge is 0.375 e. The maximum Gasteiger partial charge on any atom is 0.375 e. The number of likely N-dealkylation sites (tertiary alicyclic amines) is 1. The Labute approximate surface area is 350 Å². The van der Waals surface area contributed by atoms with Gasteiger partial charge in [-0.25, -0.2) is 4.79 Å². The first kappa shape index (κ1) is 43.5. The molecular formula is C46H58N2O12. The second kappa shape index (κ2) is 19.0. The number of aliphatic hydroxyl groups excluding tert-OH is 3. The Kier molecular flexibility index (Phi) is 13.8. The van der Waals surface area contributed by atoms with Crippen LogP contribution >= 0.6 is 0 Å². The van der Waals surface area contributed by atoms with E-state index in [-0.39, 0.29) is 78.3 Å². The number of unbranched alkanes of at least 4 members (excludes halogenated alkanes) is 1. The molecule has 2 aromatic carbocycles. The molecular weight excluding hydrogens is 773 g/mol. The van der Waals surface area contributed by atoms with E-state index in [9.17, 15) is 34.8 Å². The molecule has 1 aliphatic carbocycles. The molecule has 1 saturated carbocycles. The summed E-state index contributed by atoms with van der Waals surface area (Å²) >= 11 is 0. The fourth-order valence-corrected chi connectivity index (χ4v) is 9.99. The summed E-state index contributed by atoms with van der Waals surface area (Å²) in [6.45, 7) is 3.77. The van der Waals surface area contributed by atoms with E-state index in [4.69, 9.17) is 23.7 Å². The molecule has 3 aliphatic heterocycles. The zero-order chi connectivity index (χ0) is 42.6. The molecule has 14 nitrogen and oxygen atoms in total. The number of H-pyrrole nitrogens is 1. The quantitative estimate of drug-likeness (QED) is 0.0724. The Hall–Kier alpha value is -4.57. The highest BCUT2D eigenvalue weighted by Gasteiger charge is 2.51. The van der Waals surface area contributed by atoms with Crippen molar-refractivity contribution in [2.75, 3.05) is 60.3 Å². The number of aromatic nitrogens is 1. The zero-order valence-electron chi connectivity index (χ0n) is 34.8. The molecule has 0 amide bonds. The normalized spacial score (nSPS) is 23.2. The van der Waals surface area contributed by atoms with Gasteiger partial charge in [-0.1, -0.05) is 11.6 Å². The average molecular weight is 831 g/mol. The van der Waals surface area contributed by atoms with Crippen LogP contribution in [0.5, 0.6) is 17.2 Å². The fraction of sp³-hybridized carbons (Fsp3) is 0.543. The van der Waals surface area contributed by atoms with Crippen LogP contribution in [-0.4, -0.2) is 120 Å². The Morgan fingerprint density at radius 3 is 2.53 bits per heavy atom. The highest BCUT2D eigenvalue weighted by molar-refractivity contribution is 6.11. The number of esters is 1. The van der Waals surface area contributed by atoms with Crippen molar-refractivity contribution in [3.05, 3.63) is 69.6 Å². The second-order valence-electron chi connectivity index (χ2n) is 16.4. The minimum atomic E-state index is -1.32. The van der Waals surface area contributed by atoms with Gasteiger partial charge in [-0.3, -0.25) is 9.59 Å². The van der Waals surface area contributed by atoms with Gasteiger partial charge in [-0.2, -0.15) is 0 Å². The molecule has 14 heteroatoms. The first-order valence-electron chi connectivity index (χ1n) is 21.2. The number of aldehydes is 1. The van der Waals surface area contributed by atoms with E-state index in [0.717, 1.165) is 55.4 Å². The number of aromatic amines is 1. The molecule has 7 rings (SSSR count). The number of benzene rings is 2. The van der Waals surface area contributed by atoms with Crippen molar-refractivity contribution in [1.82, 2.24) is 9.88 Å². The van der Waals surface area contributed by atoms with Crippen LogP contribution in [0.2, 0.25) is 0 Å². The SMILES string of the molecule is CCOC(=O)C1=C(C=O)/C(=C2\C[C@H](CO)C(=O)[C@@H](c3ccc4[nH]ccc4c3)C2)c2c(OC)c3c(c(CO)c2O1)O[C@H]([C@@](O)(CCCCO)C1CCN(CCCOC)CC1)C3. The molecule has 4 atom stereocenters. The van der Waals surface area contributed by atoms with Crippen LogP contribution in [0.25, 0.3) is 16.5 Å². The summed E-state index contributed by atoms with van der Waals surface area (Å²) in [6, 6.07) is 7.64. The van der Waals surface area contributed by atoms with Gasteiger partial charge in [0.2, 0.25) is 5.76 Å². The topological polar surface area (TPSA) is 197 Å². The molecule has 4 heterocycles. The number of ether oxygens (including phenoxy) is 5. The van der Waals surface area contributed by atoms with Gasteiger partial charge in [0, 0.05) is 68.0 Å². The lowest BCUT2D eigenvalue weighted by Crippen LogP contribution is -2.54. The highest BCUT2D eigenvalue weighted by atomic mass is 16.6. The third-order valence-electron chi connectivity index (χ3n) is 13.0. The number of carbonyl (C=O) groups is 3. The van der Waals surface area contributed by atoms with Crippen molar-refractivity contribution in [1.29, 1.82) is 0 Å². The van der Waals surface area contributed by atoms with Crippen LogP contribution < -0.4 is 14.2 Å². The van der Waals surface area contributed by atoms with Crippen LogP contribution in [0.1, 0.15) is 86.5 Å². The van der Waals surface area contributed by atoms with E-state index in [1.165, 1.54) is 7.11 Å². The number of nitrogens with zero attached hydrogens (tertiary/aromatic N) is 1. The summed E-state index contributed by atoms with van der Waals surface area (Å²) in [5.74, 6) is -2.44. The van der Waals surface area contributed by atoms with Crippen molar-refractivity contribution in [2.45, 2.75) is 88.9 Å². The molecule has 0 spiro atoms. The number of fused-ring (bicyclic) bond motifs is 3. The van der Waals surface area contributed by atoms with Gasteiger partial charge in [0.25, 0.3) is 0 Å². The average Bonchev–Trinajstić information content (AvgIpc) is 3.93. The summed E-state index contributed by atoms with van der Waals surface area (Å²) in [5.41, 5.74) is 2.25. The Balaban J connectivity index is 1.36. The number of hydrogen-bond acceptors (Lipinski definition) is 13. The number of allylic oxidation sites excluding steroid dienone is 3. The predicted octanol–water partition coefficient (Wildman–Crippen LogP) is 4.53.